The van der Waals surface area contributed by atoms with E-state index in [-0.39, 0.29) is 17.1 Å². The molecule has 1 aromatic rings. The second-order valence-corrected chi connectivity index (χ2v) is 5.14. The predicted molar refractivity (Wildman–Crippen MR) is 74.6 cm³/mol. The van der Waals surface area contributed by atoms with Gasteiger partial charge in [-0.3, -0.25) is 4.79 Å². The molecule has 1 aliphatic rings. The molecule has 0 aromatic heterocycles. The highest BCUT2D eigenvalue weighted by Crippen LogP contribution is 2.31. The van der Waals surface area contributed by atoms with Gasteiger partial charge in [-0.2, -0.15) is 0 Å². The van der Waals surface area contributed by atoms with Crippen molar-refractivity contribution >= 4 is 17.3 Å². The number of hydrogen-bond acceptors (Lipinski definition) is 3. The SMILES string of the molecule is CCCC1CCN(c2cc(C(N)=O)c(N)cc2F)C1. The number of nitrogens with two attached hydrogens (primary N) is 2. The molecule has 0 aliphatic carbocycles. The van der Waals surface area contributed by atoms with Gasteiger partial charge in [0.05, 0.1) is 11.3 Å². The lowest BCUT2D eigenvalue weighted by Crippen LogP contribution is -2.22. The number of carbonyl (C=O) groups is 1. The maximum Gasteiger partial charge on any atom is 0.250 e. The lowest BCUT2D eigenvalue weighted by atomic mass is 10.0. The molecule has 1 aliphatic heterocycles. The average Bonchev–Trinajstić information content (AvgIpc) is 2.77. The minimum Gasteiger partial charge on any atom is -0.398 e. The molecule has 1 fully saturated rings. The van der Waals surface area contributed by atoms with E-state index in [1.54, 1.807) is 0 Å². The van der Waals surface area contributed by atoms with Crippen LogP contribution in [0.4, 0.5) is 15.8 Å². The van der Waals surface area contributed by atoms with Crippen molar-refractivity contribution in [3.05, 3.63) is 23.5 Å². The Hall–Kier alpha value is -1.78. The van der Waals surface area contributed by atoms with Gasteiger partial charge in [0.15, 0.2) is 0 Å². The summed E-state index contributed by atoms with van der Waals surface area (Å²) in [5.41, 5.74) is 11.6. The number of halogens is 1. The number of amides is 1. The third-order valence-corrected chi connectivity index (χ3v) is 3.71. The number of benzene rings is 1. The zero-order valence-corrected chi connectivity index (χ0v) is 11.2. The smallest absolute Gasteiger partial charge is 0.250 e. The largest absolute Gasteiger partial charge is 0.398 e. The molecule has 0 radical (unpaired) electrons. The lowest BCUT2D eigenvalue weighted by Gasteiger charge is -2.20. The van der Waals surface area contributed by atoms with E-state index in [1.807, 2.05) is 4.90 Å². The van der Waals surface area contributed by atoms with Crippen molar-refractivity contribution in [2.24, 2.45) is 11.7 Å². The highest BCUT2D eigenvalue weighted by atomic mass is 19.1. The van der Waals surface area contributed by atoms with E-state index in [2.05, 4.69) is 6.92 Å². The molecule has 2 rings (SSSR count). The van der Waals surface area contributed by atoms with E-state index in [0.717, 1.165) is 32.4 Å². The Morgan fingerprint density at radius 3 is 2.89 bits per heavy atom. The fourth-order valence-electron chi connectivity index (χ4n) is 2.73. The molecule has 5 heteroatoms. The van der Waals surface area contributed by atoms with Crippen LogP contribution in [0.3, 0.4) is 0 Å². The Bertz CT molecular complexity index is 490. The van der Waals surface area contributed by atoms with Crippen molar-refractivity contribution in [1.29, 1.82) is 0 Å². The molecule has 0 bridgehead atoms. The minimum absolute atomic E-state index is 0.0954. The fourth-order valence-corrected chi connectivity index (χ4v) is 2.73. The number of primary amides is 1. The van der Waals surface area contributed by atoms with Gasteiger partial charge in [0, 0.05) is 18.8 Å². The first-order valence-electron chi connectivity index (χ1n) is 6.66. The highest BCUT2D eigenvalue weighted by molar-refractivity contribution is 5.99. The lowest BCUT2D eigenvalue weighted by molar-refractivity contribution is 0.100. The van der Waals surface area contributed by atoms with Crippen molar-refractivity contribution in [3.63, 3.8) is 0 Å². The third kappa shape index (κ3) is 2.80. The summed E-state index contributed by atoms with van der Waals surface area (Å²) < 4.78 is 14.0. The summed E-state index contributed by atoms with van der Waals surface area (Å²) in [5, 5.41) is 0. The van der Waals surface area contributed by atoms with Crippen LogP contribution in [0.1, 0.15) is 36.5 Å². The first-order chi connectivity index (χ1) is 9.02. The fraction of sp³-hybridized carbons (Fsp3) is 0.500. The molecular formula is C14H20FN3O. The summed E-state index contributed by atoms with van der Waals surface area (Å²) in [5.74, 6) is -0.415. The molecule has 0 saturated carbocycles. The molecule has 1 amide bonds. The first kappa shape index (κ1) is 13.6. The number of nitrogen functional groups attached to an aromatic ring is 1. The number of hydrogen-bond donors (Lipinski definition) is 2. The predicted octanol–water partition coefficient (Wildman–Crippen LogP) is 2.13. The number of carbonyl (C=O) groups excluding carboxylic acids is 1. The van der Waals surface area contributed by atoms with Crippen LogP contribution in [0.15, 0.2) is 12.1 Å². The monoisotopic (exact) mass is 265 g/mol. The zero-order chi connectivity index (χ0) is 14.0. The van der Waals surface area contributed by atoms with Gasteiger partial charge in [-0.25, -0.2) is 4.39 Å². The quantitative estimate of drug-likeness (QED) is 0.819. The van der Waals surface area contributed by atoms with Crippen LogP contribution >= 0.6 is 0 Å². The molecule has 4 nitrogen and oxygen atoms in total. The number of rotatable bonds is 4. The summed E-state index contributed by atoms with van der Waals surface area (Å²) in [6.07, 6.45) is 3.34. The molecule has 1 atom stereocenters. The van der Waals surface area contributed by atoms with E-state index >= 15 is 0 Å². The molecule has 1 aromatic carbocycles. The summed E-state index contributed by atoms with van der Waals surface area (Å²) in [7, 11) is 0. The van der Waals surface area contributed by atoms with Crippen LogP contribution in [0.25, 0.3) is 0 Å². The van der Waals surface area contributed by atoms with Gasteiger partial charge in [-0.15, -0.1) is 0 Å². The highest BCUT2D eigenvalue weighted by Gasteiger charge is 2.25. The molecule has 19 heavy (non-hydrogen) atoms. The Morgan fingerprint density at radius 2 is 2.26 bits per heavy atom. The Morgan fingerprint density at radius 1 is 1.53 bits per heavy atom. The van der Waals surface area contributed by atoms with Crippen LogP contribution in [-0.4, -0.2) is 19.0 Å². The van der Waals surface area contributed by atoms with Gasteiger partial charge in [0.1, 0.15) is 5.82 Å². The summed E-state index contributed by atoms with van der Waals surface area (Å²) in [4.78, 5) is 13.2. The second-order valence-electron chi connectivity index (χ2n) is 5.14. The van der Waals surface area contributed by atoms with Crippen molar-refractivity contribution in [3.8, 4) is 0 Å². The molecule has 1 unspecified atom stereocenters. The van der Waals surface area contributed by atoms with Crippen LogP contribution < -0.4 is 16.4 Å². The zero-order valence-electron chi connectivity index (χ0n) is 11.2. The summed E-state index contributed by atoms with van der Waals surface area (Å²) in [6.45, 7) is 3.79. The molecular weight excluding hydrogens is 245 g/mol. The van der Waals surface area contributed by atoms with Gasteiger partial charge < -0.3 is 16.4 Å². The van der Waals surface area contributed by atoms with Gasteiger partial charge in [0.25, 0.3) is 5.91 Å². The van der Waals surface area contributed by atoms with Crippen molar-refractivity contribution in [2.75, 3.05) is 23.7 Å². The van der Waals surface area contributed by atoms with Crippen LogP contribution in [0, 0.1) is 11.7 Å². The first-order valence-corrected chi connectivity index (χ1v) is 6.66. The molecule has 0 spiro atoms. The van der Waals surface area contributed by atoms with Crippen LogP contribution in [0.2, 0.25) is 0 Å². The molecule has 1 saturated heterocycles. The standard InChI is InChI=1S/C14H20FN3O/c1-2-3-9-4-5-18(8-9)13-6-10(14(17)19)12(16)7-11(13)15/h6-7,9H,2-5,8,16H2,1H3,(H2,17,19). The van der Waals surface area contributed by atoms with E-state index in [0.29, 0.717) is 11.6 Å². The Balaban J connectivity index is 2.25. The average molecular weight is 265 g/mol. The van der Waals surface area contributed by atoms with Gasteiger partial charge in [-0.05, 0) is 30.9 Å². The third-order valence-electron chi connectivity index (χ3n) is 3.71. The summed E-state index contributed by atoms with van der Waals surface area (Å²) in [6, 6.07) is 2.66. The van der Waals surface area contributed by atoms with E-state index in [9.17, 15) is 9.18 Å². The minimum atomic E-state index is -0.622. The van der Waals surface area contributed by atoms with Crippen molar-refractivity contribution < 1.29 is 9.18 Å². The molecule has 4 N–H and O–H groups in total. The van der Waals surface area contributed by atoms with Crippen LogP contribution in [-0.2, 0) is 0 Å². The summed E-state index contributed by atoms with van der Waals surface area (Å²) >= 11 is 0. The molecule has 104 valence electrons. The van der Waals surface area contributed by atoms with Crippen LogP contribution in [0.5, 0.6) is 0 Å². The number of nitrogens with zero attached hydrogens (tertiary/aromatic N) is 1. The van der Waals surface area contributed by atoms with Gasteiger partial charge >= 0.3 is 0 Å². The number of anilines is 2. The maximum atomic E-state index is 14.0. The normalized spacial score (nSPS) is 18.8. The second kappa shape index (κ2) is 5.47. The van der Waals surface area contributed by atoms with E-state index in [4.69, 9.17) is 11.5 Å². The van der Waals surface area contributed by atoms with Crippen molar-refractivity contribution in [1.82, 2.24) is 0 Å². The topological polar surface area (TPSA) is 72.3 Å². The maximum absolute atomic E-state index is 14.0. The Labute approximate surface area is 112 Å². The Kier molecular flexibility index (Phi) is 3.93. The van der Waals surface area contributed by atoms with Crippen molar-refractivity contribution in [2.45, 2.75) is 26.2 Å². The van der Waals surface area contributed by atoms with E-state index < -0.39 is 5.91 Å². The van der Waals surface area contributed by atoms with Gasteiger partial charge in [-0.1, -0.05) is 13.3 Å². The van der Waals surface area contributed by atoms with E-state index in [1.165, 1.54) is 12.1 Å². The van der Waals surface area contributed by atoms with Gasteiger partial charge in [0.2, 0.25) is 0 Å². The molecule has 1 heterocycles.